The molecule has 2 aromatic carbocycles. The fourth-order valence-electron chi connectivity index (χ4n) is 2.18. The van der Waals surface area contributed by atoms with Crippen LogP contribution in [0.15, 0.2) is 78.0 Å². The second-order valence-corrected chi connectivity index (χ2v) is 6.98. The van der Waals surface area contributed by atoms with Crippen molar-refractivity contribution in [2.24, 2.45) is 0 Å². The Morgan fingerprint density at radius 1 is 0.808 bits per heavy atom. The molecular weight excluding hydrogens is 356 g/mol. The molecule has 0 radical (unpaired) electrons. The van der Waals surface area contributed by atoms with Gasteiger partial charge in [0, 0.05) is 41.6 Å². The summed E-state index contributed by atoms with van der Waals surface area (Å²) < 4.78 is 27.1. The van der Waals surface area contributed by atoms with Crippen LogP contribution in [0.3, 0.4) is 0 Å². The summed E-state index contributed by atoms with van der Waals surface area (Å²) in [6.07, 6.45) is 3.32. The SMILES string of the molecule is O=[N+]([O-])c1ccc(S(=O)(=O)Nc2ccc(Nc3ccncc3)cc2)cc1. The predicted molar refractivity (Wildman–Crippen MR) is 97.9 cm³/mol. The summed E-state index contributed by atoms with van der Waals surface area (Å²) in [4.78, 5) is 13.9. The highest BCUT2D eigenvalue weighted by Gasteiger charge is 2.16. The Bertz CT molecular complexity index is 1000. The minimum atomic E-state index is -3.83. The van der Waals surface area contributed by atoms with E-state index in [9.17, 15) is 18.5 Å². The number of non-ortho nitro benzene ring substituents is 1. The second-order valence-electron chi connectivity index (χ2n) is 5.29. The molecule has 132 valence electrons. The van der Waals surface area contributed by atoms with Gasteiger partial charge in [-0.15, -0.1) is 0 Å². The van der Waals surface area contributed by atoms with Gasteiger partial charge in [-0.3, -0.25) is 19.8 Å². The number of nitrogens with zero attached hydrogens (tertiary/aromatic N) is 2. The maximum absolute atomic E-state index is 12.4. The maximum Gasteiger partial charge on any atom is 0.269 e. The number of hydrogen-bond acceptors (Lipinski definition) is 6. The van der Waals surface area contributed by atoms with Crippen LogP contribution in [-0.2, 0) is 10.0 Å². The van der Waals surface area contributed by atoms with Gasteiger partial charge in [-0.25, -0.2) is 8.42 Å². The van der Waals surface area contributed by atoms with Crippen molar-refractivity contribution in [1.29, 1.82) is 0 Å². The molecule has 0 atom stereocenters. The molecule has 0 saturated heterocycles. The fourth-order valence-corrected chi connectivity index (χ4v) is 3.24. The number of nitrogens with one attached hydrogen (secondary N) is 2. The van der Waals surface area contributed by atoms with E-state index in [0.29, 0.717) is 5.69 Å². The van der Waals surface area contributed by atoms with E-state index in [-0.39, 0.29) is 10.6 Å². The molecule has 1 aromatic heterocycles. The normalized spacial score (nSPS) is 10.9. The Labute approximate surface area is 149 Å². The zero-order chi connectivity index (χ0) is 18.6. The van der Waals surface area contributed by atoms with E-state index in [1.165, 1.54) is 12.1 Å². The van der Waals surface area contributed by atoms with Gasteiger partial charge >= 0.3 is 0 Å². The first kappa shape index (κ1) is 17.4. The minimum absolute atomic E-state index is 0.0536. The molecule has 0 aliphatic rings. The van der Waals surface area contributed by atoms with E-state index in [2.05, 4.69) is 15.0 Å². The van der Waals surface area contributed by atoms with E-state index in [1.54, 1.807) is 36.7 Å². The predicted octanol–water partition coefficient (Wildman–Crippen LogP) is 3.53. The van der Waals surface area contributed by atoms with Gasteiger partial charge in [0.1, 0.15) is 0 Å². The molecule has 0 saturated carbocycles. The average Bonchev–Trinajstić information content (AvgIpc) is 2.64. The lowest BCUT2D eigenvalue weighted by Gasteiger charge is -2.10. The molecule has 0 fully saturated rings. The van der Waals surface area contributed by atoms with Crippen molar-refractivity contribution in [1.82, 2.24) is 4.98 Å². The van der Waals surface area contributed by atoms with E-state index >= 15 is 0 Å². The van der Waals surface area contributed by atoms with E-state index < -0.39 is 14.9 Å². The van der Waals surface area contributed by atoms with Crippen LogP contribution in [0.5, 0.6) is 0 Å². The zero-order valence-corrected chi connectivity index (χ0v) is 14.2. The molecule has 1 heterocycles. The van der Waals surface area contributed by atoms with Gasteiger partial charge in [-0.2, -0.15) is 0 Å². The Balaban J connectivity index is 1.72. The molecule has 0 spiro atoms. The topological polar surface area (TPSA) is 114 Å². The molecule has 3 aromatic rings. The van der Waals surface area contributed by atoms with E-state index in [0.717, 1.165) is 23.5 Å². The van der Waals surface area contributed by atoms with Crippen LogP contribution in [0.2, 0.25) is 0 Å². The van der Waals surface area contributed by atoms with Crippen molar-refractivity contribution in [2.75, 3.05) is 10.0 Å². The first-order valence-corrected chi connectivity index (χ1v) is 8.97. The largest absolute Gasteiger partial charge is 0.355 e. The third-order valence-corrected chi connectivity index (χ3v) is 4.86. The van der Waals surface area contributed by atoms with Gasteiger partial charge in [-0.1, -0.05) is 0 Å². The van der Waals surface area contributed by atoms with Crippen LogP contribution >= 0.6 is 0 Å². The summed E-state index contributed by atoms with van der Waals surface area (Å²) in [5.74, 6) is 0. The number of hydrogen-bond donors (Lipinski definition) is 2. The Hall–Kier alpha value is -3.46. The maximum atomic E-state index is 12.4. The van der Waals surface area contributed by atoms with Crippen LogP contribution in [0.25, 0.3) is 0 Å². The van der Waals surface area contributed by atoms with Gasteiger partial charge in [-0.05, 0) is 48.5 Å². The van der Waals surface area contributed by atoms with Crippen LogP contribution in [0, 0.1) is 10.1 Å². The van der Waals surface area contributed by atoms with Crippen LogP contribution in [0.1, 0.15) is 0 Å². The van der Waals surface area contributed by atoms with Crippen LogP contribution in [0.4, 0.5) is 22.7 Å². The molecular formula is C17H14N4O4S. The summed E-state index contributed by atoms with van der Waals surface area (Å²) in [5.41, 5.74) is 1.85. The lowest BCUT2D eigenvalue weighted by atomic mass is 10.3. The highest BCUT2D eigenvalue weighted by molar-refractivity contribution is 7.92. The van der Waals surface area contributed by atoms with E-state index in [4.69, 9.17) is 0 Å². The monoisotopic (exact) mass is 370 g/mol. The summed E-state index contributed by atoms with van der Waals surface area (Å²) >= 11 is 0. The third kappa shape index (κ3) is 4.14. The van der Waals surface area contributed by atoms with Crippen molar-refractivity contribution < 1.29 is 13.3 Å². The smallest absolute Gasteiger partial charge is 0.269 e. The molecule has 3 rings (SSSR count). The third-order valence-electron chi connectivity index (χ3n) is 3.46. The number of aromatic nitrogens is 1. The molecule has 26 heavy (non-hydrogen) atoms. The molecule has 2 N–H and O–H groups in total. The Kier molecular flexibility index (Phi) is 4.81. The van der Waals surface area contributed by atoms with Gasteiger partial charge in [0.2, 0.25) is 0 Å². The van der Waals surface area contributed by atoms with Crippen molar-refractivity contribution in [3.8, 4) is 0 Å². The minimum Gasteiger partial charge on any atom is -0.355 e. The van der Waals surface area contributed by atoms with Crippen LogP contribution in [-0.4, -0.2) is 18.3 Å². The molecule has 9 heteroatoms. The van der Waals surface area contributed by atoms with Gasteiger partial charge in [0.15, 0.2) is 0 Å². The molecule has 0 bridgehead atoms. The quantitative estimate of drug-likeness (QED) is 0.507. The van der Waals surface area contributed by atoms with Crippen molar-refractivity contribution in [2.45, 2.75) is 4.90 Å². The second kappa shape index (κ2) is 7.19. The lowest BCUT2D eigenvalue weighted by molar-refractivity contribution is -0.384. The fraction of sp³-hybridized carbons (Fsp3) is 0. The number of nitro benzene ring substituents is 1. The number of rotatable bonds is 6. The average molecular weight is 370 g/mol. The highest BCUT2D eigenvalue weighted by Crippen LogP contribution is 2.22. The highest BCUT2D eigenvalue weighted by atomic mass is 32.2. The number of anilines is 3. The molecule has 0 amide bonds. The van der Waals surface area contributed by atoms with Gasteiger partial charge in [0.05, 0.1) is 9.82 Å². The van der Waals surface area contributed by atoms with E-state index in [1.807, 2.05) is 12.1 Å². The van der Waals surface area contributed by atoms with Crippen molar-refractivity contribution >= 4 is 32.8 Å². The van der Waals surface area contributed by atoms with Crippen LogP contribution < -0.4 is 10.0 Å². The molecule has 0 unspecified atom stereocenters. The number of pyridine rings is 1. The first-order chi connectivity index (χ1) is 12.4. The number of benzene rings is 2. The first-order valence-electron chi connectivity index (χ1n) is 7.48. The number of sulfonamides is 1. The summed E-state index contributed by atoms with van der Waals surface area (Å²) in [6.45, 7) is 0. The zero-order valence-electron chi connectivity index (χ0n) is 13.4. The molecule has 0 aliphatic heterocycles. The molecule has 0 aliphatic carbocycles. The lowest BCUT2D eigenvalue weighted by Crippen LogP contribution is -2.12. The summed E-state index contributed by atoms with van der Waals surface area (Å²) in [5, 5.41) is 13.8. The van der Waals surface area contributed by atoms with Gasteiger partial charge in [0.25, 0.3) is 15.7 Å². The number of nitro groups is 1. The Morgan fingerprint density at radius 2 is 1.35 bits per heavy atom. The molecule has 8 nitrogen and oxygen atoms in total. The van der Waals surface area contributed by atoms with Crippen molar-refractivity contribution in [3.63, 3.8) is 0 Å². The van der Waals surface area contributed by atoms with Crippen molar-refractivity contribution in [3.05, 3.63) is 83.2 Å². The van der Waals surface area contributed by atoms with Gasteiger partial charge < -0.3 is 5.32 Å². The standard InChI is InChI=1S/C17H14N4O4S/c22-21(23)16-5-7-17(8-6-16)26(24,25)20-15-3-1-13(2-4-15)19-14-9-11-18-12-10-14/h1-12,20H,(H,18,19). The Morgan fingerprint density at radius 3 is 1.92 bits per heavy atom. The summed E-state index contributed by atoms with van der Waals surface area (Å²) in [7, 11) is -3.83. The summed E-state index contributed by atoms with van der Waals surface area (Å²) in [6, 6.07) is 15.0.